The Morgan fingerprint density at radius 3 is 2.60 bits per heavy atom. The lowest BCUT2D eigenvalue weighted by atomic mass is 11.3. The van der Waals surface area contributed by atoms with Crippen LogP contribution in [0.3, 0.4) is 0 Å². The molecule has 0 amide bonds. The molecule has 1 nitrogen and oxygen atoms in total. The van der Waals surface area contributed by atoms with Crippen LogP contribution in [0.1, 0.15) is 0 Å². The van der Waals surface area contributed by atoms with Crippen LogP contribution in [0.5, 0.6) is 0 Å². The van der Waals surface area contributed by atoms with E-state index in [0.29, 0.717) is 0 Å². The van der Waals surface area contributed by atoms with Gasteiger partial charge in [0.15, 0.2) is 9.76 Å². The summed E-state index contributed by atoms with van der Waals surface area (Å²) in [4.78, 5) is 0. The molecule has 0 radical (unpaired) electrons. The summed E-state index contributed by atoms with van der Waals surface area (Å²) in [6.45, 7) is 3.51. The molecule has 0 spiro atoms. The van der Waals surface area contributed by atoms with Crippen LogP contribution in [0.4, 0.5) is 0 Å². The summed E-state index contributed by atoms with van der Waals surface area (Å²) in [5, 5.41) is 0. The van der Waals surface area contributed by atoms with Gasteiger partial charge in [0, 0.05) is 0 Å². The van der Waals surface area contributed by atoms with Crippen LogP contribution in [-0.2, 0) is 4.12 Å². The predicted molar refractivity (Wildman–Crippen MR) is 29.8 cm³/mol. The van der Waals surface area contributed by atoms with Gasteiger partial charge in [0.25, 0.3) is 0 Å². The number of rotatable bonds is 2. The third kappa shape index (κ3) is 4.13. The number of hydrogen-bond donors (Lipinski definition) is 0. The molecule has 0 aromatic carbocycles. The average Bonchev–Trinajstić information content (AvgIpc) is 1.41. The Balaban J connectivity index is 2.40. The second-order valence-electron chi connectivity index (χ2n) is 0.744. The fourth-order valence-corrected chi connectivity index (χ4v) is 1.06. The smallest absolute Gasteiger partial charge is 0.170 e. The van der Waals surface area contributed by atoms with Gasteiger partial charge in [0.2, 0.25) is 0 Å². The molecule has 0 aliphatic heterocycles. The van der Waals surface area contributed by atoms with Crippen molar-refractivity contribution in [1.82, 2.24) is 0 Å². The van der Waals surface area contributed by atoms with Crippen molar-refractivity contribution in [3.05, 3.63) is 12.3 Å². The Labute approximate surface area is 37.5 Å². The zero-order chi connectivity index (χ0) is 4.12. The highest BCUT2D eigenvalue weighted by molar-refractivity contribution is 6.39. The quantitative estimate of drug-likeness (QED) is 0.388. The van der Waals surface area contributed by atoms with Crippen molar-refractivity contribution in [3.63, 3.8) is 0 Å². The van der Waals surface area contributed by atoms with E-state index in [9.17, 15) is 0 Å². The molecule has 0 atom stereocenters. The molecule has 0 rings (SSSR count). The molecule has 0 aromatic rings. The Bertz CT molecular complexity index is 28.8. The topological polar surface area (TPSA) is 9.23 Å². The van der Waals surface area contributed by atoms with Gasteiger partial charge in [-0.2, -0.15) is 0 Å². The Hall–Kier alpha value is 0.134. The highest BCUT2D eigenvalue weighted by atomic mass is 28.3. The summed E-state index contributed by atoms with van der Waals surface area (Å²) in [6.07, 6.45) is 0. The molecule has 30 valence electrons. The monoisotopic (exact) mass is 104 g/mol. The lowest BCUT2D eigenvalue weighted by molar-refractivity contribution is 0.676. The predicted octanol–water partition coefficient (Wildman–Crippen LogP) is -1.49. The van der Waals surface area contributed by atoms with Gasteiger partial charge >= 0.3 is 0 Å². The first-order valence-corrected chi connectivity index (χ1v) is 3.72. The molecule has 0 aliphatic rings. The van der Waals surface area contributed by atoms with Crippen LogP contribution in [0.25, 0.3) is 0 Å². The normalized spacial score (nSPS) is 10.4. The Morgan fingerprint density at radius 1 is 2.00 bits per heavy atom. The van der Waals surface area contributed by atoms with E-state index in [4.69, 9.17) is 4.12 Å². The van der Waals surface area contributed by atoms with Gasteiger partial charge in [-0.1, -0.05) is 5.70 Å². The number of hydrogen-bond acceptors (Lipinski definition) is 1. The second-order valence-corrected chi connectivity index (χ2v) is 3.96. The minimum Gasteiger partial charge on any atom is -0.465 e. The Morgan fingerprint density at radius 2 is 2.60 bits per heavy atom. The van der Waals surface area contributed by atoms with Crippen LogP contribution in [0, 0.1) is 0 Å². The van der Waals surface area contributed by atoms with Gasteiger partial charge in [-0.05, 0) is 0 Å². The second kappa shape index (κ2) is 4.13. The summed E-state index contributed by atoms with van der Waals surface area (Å²) in [7, 11) is 0.647. The van der Waals surface area contributed by atoms with E-state index in [1.807, 2.05) is 5.70 Å². The van der Waals surface area contributed by atoms with Crippen molar-refractivity contribution in [3.8, 4) is 0 Å². The maximum Gasteiger partial charge on any atom is 0.170 e. The molecule has 0 unspecified atom stereocenters. The van der Waals surface area contributed by atoms with Crippen molar-refractivity contribution < 1.29 is 4.12 Å². The SMILES string of the molecule is C=C[SiH2]O[SiH3]. The summed E-state index contributed by atoms with van der Waals surface area (Å²) >= 11 is 0. The van der Waals surface area contributed by atoms with Gasteiger partial charge < -0.3 is 4.12 Å². The van der Waals surface area contributed by atoms with Gasteiger partial charge in [-0.15, -0.1) is 6.58 Å². The van der Waals surface area contributed by atoms with E-state index >= 15 is 0 Å². The molecular formula is C2H8OSi2. The zero-order valence-corrected chi connectivity index (χ0v) is 6.81. The van der Waals surface area contributed by atoms with Gasteiger partial charge in [-0.25, -0.2) is 0 Å². The maximum absolute atomic E-state index is 4.85. The average molecular weight is 104 g/mol. The van der Waals surface area contributed by atoms with Gasteiger partial charge in [-0.3, -0.25) is 0 Å². The summed E-state index contributed by atoms with van der Waals surface area (Å²) in [5.41, 5.74) is 1.88. The van der Waals surface area contributed by atoms with E-state index in [1.54, 1.807) is 0 Å². The molecule has 0 fully saturated rings. The minimum atomic E-state index is -0.242. The van der Waals surface area contributed by atoms with Gasteiger partial charge in [0.1, 0.15) is 10.5 Å². The summed E-state index contributed by atoms with van der Waals surface area (Å²) in [5.74, 6) is 0. The fourth-order valence-electron chi connectivity index (χ4n) is 0.118. The fraction of sp³-hybridized carbons (Fsp3) is 0. The Kier molecular flexibility index (Phi) is 4.24. The minimum absolute atomic E-state index is 0.242. The third-order valence-electron chi connectivity index (χ3n) is 0.285. The summed E-state index contributed by atoms with van der Waals surface area (Å²) in [6, 6.07) is 0. The molecular weight excluding hydrogens is 96.2 g/mol. The largest absolute Gasteiger partial charge is 0.465 e. The highest BCUT2D eigenvalue weighted by Crippen LogP contribution is 1.53. The van der Waals surface area contributed by atoms with Crippen molar-refractivity contribution in [1.29, 1.82) is 0 Å². The van der Waals surface area contributed by atoms with Crippen LogP contribution >= 0.6 is 0 Å². The molecule has 0 aliphatic carbocycles. The first-order chi connectivity index (χ1) is 2.41. The molecule has 3 heteroatoms. The zero-order valence-electron chi connectivity index (χ0n) is 3.40. The molecule has 0 aromatic heterocycles. The van der Waals surface area contributed by atoms with Crippen LogP contribution in [0.2, 0.25) is 0 Å². The van der Waals surface area contributed by atoms with E-state index in [-0.39, 0.29) is 9.76 Å². The van der Waals surface area contributed by atoms with Crippen LogP contribution in [-0.4, -0.2) is 20.2 Å². The van der Waals surface area contributed by atoms with Crippen LogP contribution in [0.15, 0.2) is 12.3 Å². The van der Waals surface area contributed by atoms with Gasteiger partial charge in [0.05, 0.1) is 0 Å². The van der Waals surface area contributed by atoms with E-state index < -0.39 is 0 Å². The molecule has 0 saturated heterocycles. The first-order valence-electron chi connectivity index (χ1n) is 1.51. The summed E-state index contributed by atoms with van der Waals surface area (Å²) < 4.78 is 4.85. The molecule has 0 bridgehead atoms. The lowest BCUT2D eigenvalue weighted by Crippen LogP contribution is -1.85. The van der Waals surface area contributed by atoms with Crippen LogP contribution < -0.4 is 0 Å². The van der Waals surface area contributed by atoms with Crippen molar-refractivity contribution in [2.45, 2.75) is 0 Å². The van der Waals surface area contributed by atoms with Crippen molar-refractivity contribution >= 4 is 20.2 Å². The standard InChI is InChI=1S/C2H8OSi2/c1-2-5-3-4/h2H,1,5H2,4H3. The lowest BCUT2D eigenvalue weighted by Gasteiger charge is -1.79. The maximum atomic E-state index is 4.85. The molecule has 0 heterocycles. The highest BCUT2D eigenvalue weighted by Gasteiger charge is 1.61. The van der Waals surface area contributed by atoms with E-state index in [2.05, 4.69) is 6.58 Å². The van der Waals surface area contributed by atoms with E-state index in [1.165, 1.54) is 0 Å². The molecule has 0 saturated carbocycles. The first kappa shape index (κ1) is 5.13. The molecule has 5 heavy (non-hydrogen) atoms. The van der Waals surface area contributed by atoms with E-state index in [0.717, 1.165) is 10.5 Å². The van der Waals surface area contributed by atoms with Crippen molar-refractivity contribution in [2.24, 2.45) is 0 Å². The third-order valence-corrected chi connectivity index (χ3v) is 1.85. The molecule has 0 N–H and O–H groups in total. The van der Waals surface area contributed by atoms with Crippen molar-refractivity contribution in [2.75, 3.05) is 0 Å².